The van der Waals surface area contributed by atoms with Crippen LogP contribution in [0, 0.1) is 0 Å². The number of methoxy groups -OCH3 is 3. The predicted molar refractivity (Wildman–Crippen MR) is 83.6 cm³/mol. The van der Waals surface area contributed by atoms with Gasteiger partial charge in [-0.15, -0.1) is 0 Å². The van der Waals surface area contributed by atoms with Gasteiger partial charge in [-0.1, -0.05) is 11.6 Å². The summed E-state index contributed by atoms with van der Waals surface area (Å²) in [5.41, 5.74) is 8.02. The first-order valence-electron chi connectivity index (χ1n) is 6.41. The van der Waals surface area contributed by atoms with E-state index in [-0.39, 0.29) is 0 Å². The highest BCUT2D eigenvalue weighted by Gasteiger charge is 2.16. The highest BCUT2D eigenvalue weighted by atomic mass is 35.5. The molecule has 0 aliphatic rings. The summed E-state index contributed by atoms with van der Waals surface area (Å²) in [4.78, 5) is 0. The van der Waals surface area contributed by atoms with Gasteiger partial charge in [0.05, 0.1) is 27.4 Å². The Morgan fingerprint density at radius 1 is 0.905 bits per heavy atom. The zero-order chi connectivity index (χ0) is 15.4. The average molecular weight is 308 g/mol. The molecule has 2 N–H and O–H groups in total. The van der Waals surface area contributed by atoms with Crippen LogP contribution in [-0.2, 0) is 0 Å². The number of hydrogen-bond donors (Lipinski definition) is 1. The molecule has 0 amide bonds. The quantitative estimate of drug-likeness (QED) is 0.919. The molecule has 4 nitrogen and oxygen atoms in total. The average Bonchev–Trinajstić information content (AvgIpc) is 2.53. The summed E-state index contributed by atoms with van der Waals surface area (Å²) in [5, 5.41) is 0.608. The van der Waals surface area contributed by atoms with Crippen molar-refractivity contribution in [2.24, 2.45) is 5.73 Å². The van der Waals surface area contributed by atoms with Crippen molar-refractivity contribution in [3.05, 3.63) is 52.5 Å². The Hall–Kier alpha value is -1.91. The fraction of sp³-hybridized carbons (Fsp3) is 0.250. The van der Waals surface area contributed by atoms with Crippen LogP contribution in [0.5, 0.6) is 17.2 Å². The minimum absolute atomic E-state index is 0.400. The molecule has 0 saturated carbocycles. The van der Waals surface area contributed by atoms with Gasteiger partial charge in [0.2, 0.25) is 0 Å². The molecule has 5 heteroatoms. The van der Waals surface area contributed by atoms with Crippen LogP contribution in [0.25, 0.3) is 0 Å². The Morgan fingerprint density at radius 3 is 2.05 bits per heavy atom. The number of rotatable bonds is 5. The van der Waals surface area contributed by atoms with E-state index in [2.05, 4.69) is 0 Å². The summed E-state index contributed by atoms with van der Waals surface area (Å²) in [6, 6.07) is 10.5. The van der Waals surface area contributed by atoms with Gasteiger partial charge in [0.25, 0.3) is 0 Å². The number of nitrogens with two attached hydrogens (primary N) is 1. The molecule has 1 unspecified atom stereocenters. The molecule has 0 aliphatic heterocycles. The van der Waals surface area contributed by atoms with Crippen LogP contribution < -0.4 is 19.9 Å². The number of hydrogen-bond acceptors (Lipinski definition) is 4. The molecule has 2 aromatic rings. The number of benzene rings is 2. The molecule has 2 rings (SSSR count). The van der Waals surface area contributed by atoms with E-state index in [1.165, 1.54) is 0 Å². The summed E-state index contributed by atoms with van der Waals surface area (Å²) in [5.74, 6) is 2.05. The van der Waals surface area contributed by atoms with E-state index in [1.54, 1.807) is 45.6 Å². The molecule has 0 fully saturated rings. The van der Waals surface area contributed by atoms with Crippen LogP contribution in [-0.4, -0.2) is 21.3 Å². The van der Waals surface area contributed by atoms with Crippen molar-refractivity contribution in [2.75, 3.05) is 21.3 Å². The summed E-state index contributed by atoms with van der Waals surface area (Å²) >= 11 is 6.06. The van der Waals surface area contributed by atoms with Gasteiger partial charge in [-0.2, -0.15) is 0 Å². The predicted octanol–water partition coefficient (Wildman–Crippen LogP) is 3.41. The fourth-order valence-corrected chi connectivity index (χ4v) is 2.32. The van der Waals surface area contributed by atoms with Gasteiger partial charge in [0.15, 0.2) is 0 Å². The molecule has 0 bridgehead atoms. The smallest absolute Gasteiger partial charge is 0.124 e. The second kappa shape index (κ2) is 6.70. The molecular weight excluding hydrogens is 290 g/mol. The lowest BCUT2D eigenvalue weighted by Gasteiger charge is -2.18. The normalized spacial score (nSPS) is 11.9. The highest BCUT2D eigenvalue weighted by molar-refractivity contribution is 6.30. The highest BCUT2D eigenvalue weighted by Crippen LogP contribution is 2.34. The SMILES string of the molecule is COc1cc(OC)cc(C(N)c2cc(Cl)ccc2OC)c1. The third-order valence-electron chi connectivity index (χ3n) is 3.26. The molecule has 2 aromatic carbocycles. The Balaban J connectivity index is 2.48. The summed E-state index contributed by atoms with van der Waals surface area (Å²) in [7, 11) is 4.81. The Morgan fingerprint density at radius 2 is 1.52 bits per heavy atom. The van der Waals surface area contributed by atoms with Crippen LogP contribution in [0.15, 0.2) is 36.4 Å². The largest absolute Gasteiger partial charge is 0.497 e. The van der Waals surface area contributed by atoms with E-state index in [0.717, 1.165) is 11.1 Å². The maximum Gasteiger partial charge on any atom is 0.124 e. The van der Waals surface area contributed by atoms with Gasteiger partial charge >= 0.3 is 0 Å². The molecule has 0 aliphatic carbocycles. The van der Waals surface area contributed by atoms with Crippen molar-refractivity contribution >= 4 is 11.6 Å². The van der Waals surface area contributed by atoms with Crippen LogP contribution in [0.3, 0.4) is 0 Å². The Labute approximate surface area is 129 Å². The first kappa shape index (κ1) is 15.5. The van der Waals surface area contributed by atoms with Crippen LogP contribution in [0.2, 0.25) is 5.02 Å². The van der Waals surface area contributed by atoms with Crippen molar-refractivity contribution < 1.29 is 14.2 Å². The fourth-order valence-electron chi connectivity index (χ4n) is 2.14. The first-order chi connectivity index (χ1) is 10.1. The molecule has 0 radical (unpaired) electrons. The topological polar surface area (TPSA) is 53.7 Å². The number of ether oxygens (including phenoxy) is 3. The van der Waals surface area contributed by atoms with Crippen LogP contribution in [0.4, 0.5) is 0 Å². The van der Waals surface area contributed by atoms with Gasteiger partial charge in [-0.05, 0) is 35.9 Å². The lowest BCUT2D eigenvalue weighted by atomic mass is 9.98. The zero-order valence-corrected chi connectivity index (χ0v) is 13.0. The lowest BCUT2D eigenvalue weighted by Crippen LogP contribution is -2.13. The van der Waals surface area contributed by atoms with Gasteiger partial charge in [-0.25, -0.2) is 0 Å². The Kier molecular flexibility index (Phi) is 4.94. The van der Waals surface area contributed by atoms with Crippen molar-refractivity contribution in [2.45, 2.75) is 6.04 Å². The van der Waals surface area contributed by atoms with E-state index in [9.17, 15) is 0 Å². The minimum Gasteiger partial charge on any atom is -0.497 e. The van der Waals surface area contributed by atoms with E-state index < -0.39 is 6.04 Å². The number of halogens is 1. The van der Waals surface area contributed by atoms with Crippen LogP contribution >= 0.6 is 11.6 Å². The van der Waals surface area contributed by atoms with Gasteiger partial charge in [0.1, 0.15) is 17.2 Å². The van der Waals surface area contributed by atoms with Gasteiger partial charge < -0.3 is 19.9 Å². The van der Waals surface area contributed by atoms with Gasteiger partial charge in [-0.3, -0.25) is 0 Å². The molecule has 0 spiro atoms. The molecule has 0 saturated heterocycles. The molecule has 1 atom stereocenters. The summed E-state index contributed by atoms with van der Waals surface area (Å²) in [6.45, 7) is 0. The van der Waals surface area contributed by atoms with E-state index in [4.69, 9.17) is 31.5 Å². The molecule has 0 aromatic heterocycles. The first-order valence-corrected chi connectivity index (χ1v) is 6.78. The monoisotopic (exact) mass is 307 g/mol. The lowest BCUT2D eigenvalue weighted by molar-refractivity contribution is 0.392. The second-order valence-corrected chi connectivity index (χ2v) is 4.95. The van der Waals surface area contributed by atoms with E-state index >= 15 is 0 Å². The summed E-state index contributed by atoms with van der Waals surface area (Å²) in [6.07, 6.45) is 0. The third kappa shape index (κ3) is 3.40. The summed E-state index contributed by atoms with van der Waals surface area (Å²) < 4.78 is 15.9. The van der Waals surface area contributed by atoms with Crippen LogP contribution in [0.1, 0.15) is 17.2 Å². The van der Waals surface area contributed by atoms with Gasteiger partial charge in [0, 0.05) is 16.7 Å². The Bertz CT molecular complexity index is 609. The van der Waals surface area contributed by atoms with E-state index in [1.807, 2.05) is 12.1 Å². The second-order valence-electron chi connectivity index (χ2n) is 4.51. The third-order valence-corrected chi connectivity index (χ3v) is 3.49. The maximum atomic E-state index is 6.36. The van der Waals surface area contributed by atoms with Crippen molar-refractivity contribution in [3.8, 4) is 17.2 Å². The zero-order valence-electron chi connectivity index (χ0n) is 12.2. The molecule has 0 heterocycles. The molecule has 21 heavy (non-hydrogen) atoms. The molecular formula is C16H18ClNO3. The van der Waals surface area contributed by atoms with E-state index in [0.29, 0.717) is 22.3 Å². The maximum absolute atomic E-state index is 6.36. The van der Waals surface area contributed by atoms with Crippen molar-refractivity contribution in [1.82, 2.24) is 0 Å². The molecule has 112 valence electrons. The minimum atomic E-state index is -0.400. The standard InChI is InChI=1S/C16H18ClNO3/c1-19-12-6-10(7-13(9-12)20-2)16(18)14-8-11(17)4-5-15(14)21-3/h4-9,16H,18H2,1-3H3. The van der Waals surface area contributed by atoms with Crippen molar-refractivity contribution in [3.63, 3.8) is 0 Å². The van der Waals surface area contributed by atoms with Crippen molar-refractivity contribution in [1.29, 1.82) is 0 Å².